The van der Waals surface area contributed by atoms with Crippen molar-refractivity contribution in [3.05, 3.63) is 71.8 Å². The second kappa shape index (κ2) is 9.42. The van der Waals surface area contributed by atoms with Gasteiger partial charge in [0.05, 0.1) is 0 Å². The van der Waals surface area contributed by atoms with Crippen molar-refractivity contribution in [2.75, 3.05) is 11.9 Å². The van der Waals surface area contributed by atoms with Gasteiger partial charge < -0.3 is 10.6 Å². The largest absolute Gasteiger partial charge is 0.352 e. The zero-order valence-corrected chi connectivity index (χ0v) is 14.7. The van der Waals surface area contributed by atoms with E-state index in [1.54, 1.807) is 6.08 Å². The molecule has 0 aliphatic heterocycles. The Morgan fingerprint density at radius 2 is 1.72 bits per heavy atom. The third-order valence-electron chi connectivity index (χ3n) is 3.94. The van der Waals surface area contributed by atoms with Crippen LogP contribution in [0, 0.1) is 0 Å². The number of rotatable bonds is 7. The maximum absolute atomic E-state index is 12.0. The highest BCUT2D eigenvalue weighted by molar-refractivity contribution is 5.92. The van der Waals surface area contributed by atoms with Crippen molar-refractivity contribution in [3.8, 4) is 0 Å². The number of benzene rings is 2. The first kappa shape index (κ1) is 18.5. The molecular weight excluding hydrogens is 312 g/mol. The molecule has 0 aliphatic rings. The van der Waals surface area contributed by atoms with Gasteiger partial charge in [0.25, 0.3) is 0 Å². The fraction of sp³-hybridized carbons (Fsp3) is 0.238. The minimum atomic E-state index is -0.111. The van der Waals surface area contributed by atoms with Gasteiger partial charge in [-0.05, 0) is 35.8 Å². The van der Waals surface area contributed by atoms with Gasteiger partial charge in [-0.1, -0.05) is 49.4 Å². The fourth-order valence-electron chi connectivity index (χ4n) is 2.56. The molecule has 0 fully saturated rings. The number of carbonyl (C=O) groups is 2. The second-order valence-electron chi connectivity index (χ2n) is 5.90. The molecule has 1 unspecified atom stereocenters. The van der Waals surface area contributed by atoms with Crippen LogP contribution in [0.15, 0.2) is 60.7 Å². The van der Waals surface area contributed by atoms with Crippen molar-refractivity contribution in [2.24, 2.45) is 0 Å². The van der Waals surface area contributed by atoms with Crippen molar-refractivity contribution in [2.45, 2.75) is 26.2 Å². The number of nitrogens with one attached hydrogen (secondary N) is 2. The van der Waals surface area contributed by atoms with Crippen LogP contribution in [0.25, 0.3) is 6.08 Å². The van der Waals surface area contributed by atoms with E-state index in [-0.39, 0.29) is 11.8 Å². The summed E-state index contributed by atoms with van der Waals surface area (Å²) >= 11 is 0. The Morgan fingerprint density at radius 3 is 2.32 bits per heavy atom. The van der Waals surface area contributed by atoms with Crippen LogP contribution in [0.2, 0.25) is 0 Å². The molecule has 0 saturated carbocycles. The topological polar surface area (TPSA) is 58.2 Å². The molecule has 0 spiro atoms. The molecule has 2 aromatic rings. The quantitative estimate of drug-likeness (QED) is 0.752. The molecular formula is C21H24N2O2. The fourth-order valence-corrected chi connectivity index (χ4v) is 2.56. The summed E-state index contributed by atoms with van der Waals surface area (Å²) in [5.41, 5.74) is 2.88. The lowest BCUT2D eigenvalue weighted by atomic mass is 9.96. The lowest BCUT2D eigenvalue weighted by Gasteiger charge is -2.15. The molecule has 4 heteroatoms. The minimum Gasteiger partial charge on any atom is -0.352 e. The summed E-state index contributed by atoms with van der Waals surface area (Å²) in [5, 5.41) is 5.67. The lowest BCUT2D eigenvalue weighted by Crippen LogP contribution is -2.26. The highest BCUT2D eigenvalue weighted by Gasteiger charge is 2.09. The van der Waals surface area contributed by atoms with Crippen molar-refractivity contribution < 1.29 is 9.59 Å². The summed E-state index contributed by atoms with van der Waals surface area (Å²) in [6.07, 6.45) is 4.26. The summed E-state index contributed by atoms with van der Waals surface area (Å²) in [6.45, 7) is 4.21. The van der Waals surface area contributed by atoms with Gasteiger partial charge in [-0.15, -0.1) is 0 Å². The van der Waals surface area contributed by atoms with E-state index in [1.807, 2.05) is 42.5 Å². The molecule has 25 heavy (non-hydrogen) atoms. The number of anilines is 1. The van der Waals surface area contributed by atoms with Crippen LogP contribution in [0.4, 0.5) is 5.69 Å². The molecule has 0 saturated heterocycles. The predicted molar refractivity (Wildman–Crippen MR) is 102 cm³/mol. The average Bonchev–Trinajstić information content (AvgIpc) is 2.62. The number of amides is 2. The molecule has 4 nitrogen and oxygen atoms in total. The molecule has 0 heterocycles. The summed E-state index contributed by atoms with van der Waals surface area (Å²) in [4.78, 5) is 23.0. The lowest BCUT2D eigenvalue weighted by molar-refractivity contribution is -0.116. The average molecular weight is 336 g/mol. The van der Waals surface area contributed by atoms with Crippen molar-refractivity contribution >= 4 is 23.6 Å². The predicted octanol–water partition coefficient (Wildman–Crippen LogP) is 3.97. The smallest absolute Gasteiger partial charge is 0.244 e. The molecule has 2 rings (SSSR count). The van der Waals surface area contributed by atoms with Gasteiger partial charge in [0.15, 0.2) is 0 Å². The van der Waals surface area contributed by atoms with Crippen LogP contribution in [-0.4, -0.2) is 18.4 Å². The normalized spacial score (nSPS) is 11.9. The van der Waals surface area contributed by atoms with Crippen LogP contribution >= 0.6 is 0 Å². The molecule has 2 N–H and O–H groups in total. The van der Waals surface area contributed by atoms with Crippen LogP contribution in [0.3, 0.4) is 0 Å². The summed E-state index contributed by atoms with van der Waals surface area (Å²) in [5.74, 6) is 0.0994. The van der Waals surface area contributed by atoms with Crippen LogP contribution in [-0.2, 0) is 9.59 Å². The molecule has 2 amide bonds. The van der Waals surface area contributed by atoms with Gasteiger partial charge >= 0.3 is 0 Å². The first-order valence-corrected chi connectivity index (χ1v) is 8.47. The standard InChI is InChI=1S/C21H24N2O2/c1-3-18(19-7-5-4-6-8-19)15-22-21(25)14-11-17-9-12-20(13-10-17)23-16(2)24/h4-14,18H,3,15H2,1-2H3,(H,22,25)(H,23,24)/b14-11+. The van der Waals surface area contributed by atoms with E-state index >= 15 is 0 Å². The number of hydrogen-bond donors (Lipinski definition) is 2. The number of hydrogen-bond acceptors (Lipinski definition) is 2. The maximum Gasteiger partial charge on any atom is 0.244 e. The van der Waals surface area contributed by atoms with Gasteiger partial charge in [0.1, 0.15) is 0 Å². The summed E-state index contributed by atoms with van der Waals surface area (Å²) < 4.78 is 0. The van der Waals surface area contributed by atoms with E-state index in [2.05, 4.69) is 29.7 Å². The van der Waals surface area contributed by atoms with E-state index in [0.717, 1.165) is 17.7 Å². The van der Waals surface area contributed by atoms with Gasteiger partial charge in [0.2, 0.25) is 11.8 Å². The van der Waals surface area contributed by atoms with Gasteiger partial charge in [-0.2, -0.15) is 0 Å². The van der Waals surface area contributed by atoms with E-state index < -0.39 is 0 Å². The molecule has 0 aromatic heterocycles. The van der Waals surface area contributed by atoms with Crippen LogP contribution in [0.5, 0.6) is 0 Å². The molecule has 2 aromatic carbocycles. The first-order chi connectivity index (χ1) is 12.1. The van der Waals surface area contributed by atoms with Crippen molar-refractivity contribution in [1.82, 2.24) is 5.32 Å². The monoisotopic (exact) mass is 336 g/mol. The third-order valence-corrected chi connectivity index (χ3v) is 3.94. The SMILES string of the molecule is CCC(CNC(=O)/C=C/c1ccc(NC(C)=O)cc1)c1ccccc1. The van der Waals surface area contributed by atoms with Gasteiger partial charge in [-0.25, -0.2) is 0 Å². The van der Waals surface area contributed by atoms with Gasteiger partial charge in [0, 0.05) is 31.1 Å². The minimum absolute atomic E-state index is 0.105. The molecule has 0 radical (unpaired) electrons. The molecule has 0 bridgehead atoms. The van der Waals surface area contributed by atoms with Crippen molar-refractivity contribution in [1.29, 1.82) is 0 Å². The Labute approximate surface area is 149 Å². The summed E-state index contributed by atoms with van der Waals surface area (Å²) in [7, 11) is 0. The van der Waals surface area contributed by atoms with E-state index in [4.69, 9.17) is 0 Å². The van der Waals surface area contributed by atoms with E-state index in [1.165, 1.54) is 18.6 Å². The Bertz CT molecular complexity index is 721. The zero-order valence-electron chi connectivity index (χ0n) is 14.7. The van der Waals surface area contributed by atoms with Crippen LogP contribution < -0.4 is 10.6 Å². The molecule has 1 atom stereocenters. The Morgan fingerprint density at radius 1 is 1.04 bits per heavy atom. The Kier molecular flexibility index (Phi) is 6.96. The highest BCUT2D eigenvalue weighted by atomic mass is 16.2. The second-order valence-corrected chi connectivity index (χ2v) is 5.90. The first-order valence-electron chi connectivity index (χ1n) is 8.47. The van der Waals surface area contributed by atoms with E-state index in [9.17, 15) is 9.59 Å². The van der Waals surface area contributed by atoms with Gasteiger partial charge in [-0.3, -0.25) is 9.59 Å². The highest BCUT2D eigenvalue weighted by Crippen LogP contribution is 2.18. The van der Waals surface area contributed by atoms with Crippen LogP contribution in [0.1, 0.15) is 37.3 Å². The van der Waals surface area contributed by atoms with Crippen molar-refractivity contribution in [3.63, 3.8) is 0 Å². The Balaban J connectivity index is 1.86. The molecule has 130 valence electrons. The molecule has 0 aliphatic carbocycles. The number of carbonyl (C=O) groups excluding carboxylic acids is 2. The van der Waals surface area contributed by atoms with E-state index in [0.29, 0.717) is 12.5 Å². The summed E-state index contributed by atoms with van der Waals surface area (Å²) in [6, 6.07) is 17.5. The third kappa shape index (κ3) is 6.26. The zero-order chi connectivity index (χ0) is 18.1. The maximum atomic E-state index is 12.0. The Hall–Kier alpha value is -2.88.